The van der Waals surface area contributed by atoms with Gasteiger partial charge >= 0.3 is 0 Å². The van der Waals surface area contributed by atoms with Crippen LogP contribution in [0, 0.1) is 17.2 Å². The molecule has 0 atom stereocenters. The van der Waals surface area contributed by atoms with Gasteiger partial charge in [-0.05, 0) is 24.3 Å². The molecule has 0 N–H and O–H groups in total. The molecular weight excluding hydrogens is 244 g/mol. The van der Waals surface area contributed by atoms with Gasteiger partial charge in [0, 0.05) is 19.0 Å². The highest BCUT2D eigenvalue weighted by molar-refractivity contribution is 7.12. The van der Waals surface area contributed by atoms with Gasteiger partial charge in [0.1, 0.15) is 4.88 Å². The maximum atomic E-state index is 12.0. The first-order valence-electron chi connectivity index (χ1n) is 5.14. The van der Waals surface area contributed by atoms with Crippen molar-refractivity contribution in [3.05, 3.63) is 21.3 Å². The summed E-state index contributed by atoms with van der Waals surface area (Å²) in [5.41, 5.74) is 0. The second-order valence-corrected chi connectivity index (χ2v) is 5.12. The molecular formula is C11H11ClN2OS. The molecule has 1 aliphatic heterocycles. The van der Waals surface area contributed by atoms with Gasteiger partial charge in [0.2, 0.25) is 0 Å². The zero-order valence-corrected chi connectivity index (χ0v) is 10.2. The van der Waals surface area contributed by atoms with Crippen LogP contribution in [0.1, 0.15) is 22.5 Å². The monoisotopic (exact) mass is 254 g/mol. The van der Waals surface area contributed by atoms with E-state index in [-0.39, 0.29) is 11.8 Å². The summed E-state index contributed by atoms with van der Waals surface area (Å²) in [6.45, 7) is 1.32. The van der Waals surface area contributed by atoms with Gasteiger partial charge in [-0.2, -0.15) is 5.26 Å². The van der Waals surface area contributed by atoms with Gasteiger partial charge < -0.3 is 4.90 Å². The predicted octanol–water partition coefficient (Wildman–Crippen LogP) is 2.78. The third kappa shape index (κ3) is 2.21. The van der Waals surface area contributed by atoms with Crippen LogP contribution in [0.5, 0.6) is 0 Å². The minimum atomic E-state index is -0.00334. The highest BCUT2D eigenvalue weighted by atomic mass is 35.5. The van der Waals surface area contributed by atoms with Crippen molar-refractivity contribution in [2.75, 3.05) is 13.1 Å². The van der Waals surface area contributed by atoms with Crippen LogP contribution in [0.15, 0.2) is 11.4 Å². The average molecular weight is 255 g/mol. The fourth-order valence-corrected chi connectivity index (χ4v) is 2.90. The van der Waals surface area contributed by atoms with E-state index in [1.165, 1.54) is 11.3 Å². The van der Waals surface area contributed by atoms with Gasteiger partial charge in [-0.1, -0.05) is 11.6 Å². The van der Waals surface area contributed by atoms with E-state index < -0.39 is 0 Å². The van der Waals surface area contributed by atoms with E-state index in [9.17, 15) is 4.79 Å². The standard InChI is InChI=1S/C11H11ClN2OS/c12-9-3-6-16-10(9)11(15)14-4-1-8(7-13)2-5-14/h3,6,8H,1-2,4-5H2. The Morgan fingerprint density at radius 3 is 2.75 bits per heavy atom. The smallest absolute Gasteiger partial charge is 0.265 e. The van der Waals surface area contributed by atoms with Gasteiger partial charge in [-0.25, -0.2) is 0 Å². The maximum absolute atomic E-state index is 12.0. The van der Waals surface area contributed by atoms with Crippen molar-refractivity contribution in [3.8, 4) is 6.07 Å². The fourth-order valence-electron chi connectivity index (χ4n) is 1.80. The summed E-state index contributed by atoms with van der Waals surface area (Å²) in [5.74, 6) is 0.0965. The normalized spacial score (nSPS) is 17.1. The number of amides is 1. The van der Waals surface area contributed by atoms with Crippen molar-refractivity contribution < 1.29 is 4.79 Å². The fraction of sp³-hybridized carbons (Fsp3) is 0.455. The number of rotatable bonds is 1. The predicted molar refractivity (Wildman–Crippen MR) is 63.6 cm³/mol. The number of nitrogens with zero attached hydrogens (tertiary/aromatic N) is 2. The Kier molecular flexibility index (Phi) is 3.47. The highest BCUT2D eigenvalue weighted by Gasteiger charge is 2.25. The van der Waals surface area contributed by atoms with E-state index in [1.807, 2.05) is 5.38 Å². The number of carbonyl (C=O) groups excluding carboxylic acids is 1. The zero-order valence-electron chi connectivity index (χ0n) is 8.65. The minimum Gasteiger partial charge on any atom is -0.338 e. The molecule has 0 spiro atoms. The van der Waals surface area contributed by atoms with Crippen LogP contribution in [0.2, 0.25) is 5.02 Å². The van der Waals surface area contributed by atoms with Gasteiger partial charge in [0.15, 0.2) is 0 Å². The number of hydrogen-bond donors (Lipinski definition) is 0. The van der Waals surface area contributed by atoms with Crippen molar-refractivity contribution in [1.29, 1.82) is 5.26 Å². The van der Waals surface area contributed by atoms with Gasteiger partial charge in [-0.15, -0.1) is 11.3 Å². The molecule has 2 rings (SSSR count). The maximum Gasteiger partial charge on any atom is 0.265 e. The van der Waals surface area contributed by atoms with E-state index in [0.29, 0.717) is 23.0 Å². The lowest BCUT2D eigenvalue weighted by molar-refractivity contribution is 0.0712. The Balaban J connectivity index is 2.03. The van der Waals surface area contributed by atoms with Crippen LogP contribution in [-0.4, -0.2) is 23.9 Å². The number of piperidine rings is 1. The Hall–Kier alpha value is -1.05. The summed E-state index contributed by atoms with van der Waals surface area (Å²) in [4.78, 5) is 14.4. The molecule has 3 nitrogen and oxygen atoms in total. The summed E-state index contributed by atoms with van der Waals surface area (Å²) in [6, 6.07) is 3.99. The van der Waals surface area contributed by atoms with Crippen LogP contribution >= 0.6 is 22.9 Å². The molecule has 0 aromatic carbocycles. The molecule has 1 amide bonds. The third-order valence-corrected chi connectivity index (χ3v) is 4.11. The van der Waals surface area contributed by atoms with Crippen LogP contribution in [0.25, 0.3) is 0 Å². The molecule has 1 aliphatic rings. The summed E-state index contributed by atoms with van der Waals surface area (Å²) in [6.07, 6.45) is 1.54. The summed E-state index contributed by atoms with van der Waals surface area (Å²) in [5, 5.41) is 11.1. The molecule has 0 bridgehead atoms. The molecule has 0 aliphatic carbocycles. The SMILES string of the molecule is N#CC1CCN(C(=O)c2sccc2Cl)CC1. The molecule has 2 heterocycles. The molecule has 1 aromatic rings. The zero-order chi connectivity index (χ0) is 11.5. The lowest BCUT2D eigenvalue weighted by Crippen LogP contribution is -2.37. The Morgan fingerprint density at radius 1 is 1.56 bits per heavy atom. The molecule has 0 saturated carbocycles. The van der Waals surface area contributed by atoms with E-state index in [0.717, 1.165) is 12.8 Å². The second kappa shape index (κ2) is 4.86. The molecule has 0 unspecified atom stereocenters. The summed E-state index contributed by atoms with van der Waals surface area (Å²) in [7, 11) is 0. The third-order valence-electron chi connectivity index (χ3n) is 2.78. The van der Waals surface area contributed by atoms with Crippen LogP contribution in [0.4, 0.5) is 0 Å². The van der Waals surface area contributed by atoms with Crippen LogP contribution < -0.4 is 0 Å². The van der Waals surface area contributed by atoms with E-state index in [4.69, 9.17) is 16.9 Å². The lowest BCUT2D eigenvalue weighted by atomic mass is 9.98. The van der Waals surface area contributed by atoms with Crippen molar-refractivity contribution in [2.45, 2.75) is 12.8 Å². The number of thiophene rings is 1. The Labute approximate surface area is 103 Å². The number of hydrogen-bond acceptors (Lipinski definition) is 3. The van der Waals surface area contributed by atoms with Crippen molar-refractivity contribution in [2.24, 2.45) is 5.92 Å². The molecule has 16 heavy (non-hydrogen) atoms. The number of halogens is 1. The first kappa shape index (κ1) is 11.4. The molecule has 1 aromatic heterocycles. The first-order valence-corrected chi connectivity index (χ1v) is 6.40. The molecule has 5 heteroatoms. The number of nitriles is 1. The van der Waals surface area contributed by atoms with Gasteiger partial charge in [0.25, 0.3) is 5.91 Å². The molecule has 84 valence electrons. The molecule has 1 fully saturated rings. The quantitative estimate of drug-likeness (QED) is 0.774. The van der Waals surface area contributed by atoms with Crippen LogP contribution in [0.3, 0.4) is 0 Å². The van der Waals surface area contributed by atoms with Gasteiger partial charge in [0.05, 0.1) is 11.1 Å². The Bertz CT molecular complexity index is 429. The largest absolute Gasteiger partial charge is 0.338 e. The Morgan fingerprint density at radius 2 is 2.25 bits per heavy atom. The number of carbonyl (C=O) groups is 1. The van der Waals surface area contributed by atoms with E-state index in [1.54, 1.807) is 11.0 Å². The lowest BCUT2D eigenvalue weighted by Gasteiger charge is -2.28. The van der Waals surface area contributed by atoms with Crippen molar-refractivity contribution >= 4 is 28.8 Å². The minimum absolute atomic E-state index is 0.00334. The second-order valence-electron chi connectivity index (χ2n) is 3.79. The summed E-state index contributed by atoms with van der Waals surface area (Å²) >= 11 is 7.29. The topological polar surface area (TPSA) is 44.1 Å². The average Bonchev–Trinajstić information content (AvgIpc) is 2.75. The molecule has 0 radical (unpaired) electrons. The van der Waals surface area contributed by atoms with Crippen molar-refractivity contribution in [3.63, 3.8) is 0 Å². The van der Waals surface area contributed by atoms with E-state index >= 15 is 0 Å². The molecule has 1 saturated heterocycles. The summed E-state index contributed by atoms with van der Waals surface area (Å²) < 4.78 is 0. The number of likely N-dealkylation sites (tertiary alicyclic amines) is 1. The first-order chi connectivity index (χ1) is 7.72. The highest BCUT2D eigenvalue weighted by Crippen LogP contribution is 2.25. The van der Waals surface area contributed by atoms with Crippen molar-refractivity contribution in [1.82, 2.24) is 4.90 Å². The van der Waals surface area contributed by atoms with Gasteiger partial charge in [-0.3, -0.25) is 4.79 Å². The van der Waals surface area contributed by atoms with E-state index in [2.05, 4.69) is 6.07 Å². The van der Waals surface area contributed by atoms with Crippen LogP contribution in [-0.2, 0) is 0 Å².